The first-order chi connectivity index (χ1) is 14.8. The molecule has 0 bridgehead atoms. The molecule has 1 saturated heterocycles. The van der Waals surface area contributed by atoms with Crippen molar-refractivity contribution >= 4 is 27.6 Å². The lowest BCUT2D eigenvalue weighted by Gasteiger charge is -2.34. The predicted molar refractivity (Wildman–Crippen MR) is 118 cm³/mol. The van der Waals surface area contributed by atoms with Crippen LogP contribution in [0.25, 0.3) is 44.6 Å². The van der Waals surface area contributed by atoms with E-state index in [4.69, 9.17) is 4.98 Å². The fourth-order valence-corrected chi connectivity index (χ4v) is 4.23. The van der Waals surface area contributed by atoms with Crippen molar-refractivity contribution in [2.24, 2.45) is 0 Å². The number of benzene rings is 1. The van der Waals surface area contributed by atoms with Gasteiger partial charge in [-0.05, 0) is 37.4 Å². The van der Waals surface area contributed by atoms with Gasteiger partial charge in [0.25, 0.3) is 0 Å². The molecule has 3 N–H and O–H groups in total. The molecule has 0 atom stereocenters. The molecule has 0 amide bonds. The minimum Gasteiger partial charge on any atom is -0.368 e. The number of likely N-dealkylation sites (N-methyl/N-ethyl adjacent to an activating group) is 1. The number of fused-ring (bicyclic) bond motifs is 2. The third-order valence-electron chi connectivity index (χ3n) is 5.94. The summed E-state index contributed by atoms with van der Waals surface area (Å²) in [6.07, 6.45) is 3.62. The summed E-state index contributed by atoms with van der Waals surface area (Å²) in [5.74, 6) is 0. The second-order valence-corrected chi connectivity index (χ2v) is 7.86. The van der Waals surface area contributed by atoms with Gasteiger partial charge in [-0.25, -0.2) is 4.98 Å². The van der Waals surface area contributed by atoms with Crippen molar-refractivity contribution in [3.05, 3.63) is 48.8 Å². The van der Waals surface area contributed by atoms with E-state index in [1.165, 1.54) is 11.1 Å². The molecule has 0 unspecified atom stereocenters. The van der Waals surface area contributed by atoms with E-state index in [0.717, 1.165) is 65.4 Å². The van der Waals surface area contributed by atoms with Crippen LogP contribution in [-0.2, 0) is 0 Å². The van der Waals surface area contributed by atoms with Gasteiger partial charge in [-0.1, -0.05) is 6.07 Å². The van der Waals surface area contributed by atoms with Crippen LogP contribution in [-0.4, -0.2) is 68.5 Å². The highest BCUT2D eigenvalue weighted by molar-refractivity contribution is 5.99. The summed E-state index contributed by atoms with van der Waals surface area (Å²) in [5, 5.41) is 15.8. The van der Waals surface area contributed by atoms with Crippen LogP contribution in [0, 0.1) is 0 Å². The summed E-state index contributed by atoms with van der Waals surface area (Å²) in [6, 6.07) is 12.6. The van der Waals surface area contributed by atoms with Crippen molar-refractivity contribution in [2.45, 2.75) is 0 Å². The molecule has 1 aliphatic heterocycles. The highest BCUT2D eigenvalue weighted by Crippen LogP contribution is 2.33. The van der Waals surface area contributed by atoms with Gasteiger partial charge in [-0.15, -0.1) is 0 Å². The van der Waals surface area contributed by atoms with Crippen LogP contribution in [0.2, 0.25) is 0 Å². The summed E-state index contributed by atoms with van der Waals surface area (Å²) < 4.78 is 0. The van der Waals surface area contributed by atoms with Crippen LogP contribution >= 0.6 is 0 Å². The number of piperazine rings is 1. The summed E-state index contributed by atoms with van der Waals surface area (Å²) in [5.41, 5.74) is 7.77. The Labute approximate surface area is 172 Å². The standard InChI is InChI=1S/C22H22N8/c1-29-7-9-30(10-8-29)20-4-2-3-17-15(20)11-19(25-17)22-21-18(27-28-22)6-5-16(26-21)14-12-23-24-13-14/h2-6,11-13,25H,7-10H2,1H3,(H,23,24)(H,27,28). The van der Waals surface area contributed by atoms with E-state index in [-0.39, 0.29) is 0 Å². The van der Waals surface area contributed by atoms with Crippen molar-refractivity contribution in [1.29, 1.82) is 0 Å². The molecule has 0 aliphatic carbocycles. The quantitative estimate of drug-likeness (QED) is 0.434. The smallest absolute Gasteiger partial charge is 0.135 e. The Morgan fingerprint density at radius 2 is 1.90 bits per heavy atom. The van der Waals surface area contributed by atoms with Crippen LogP contribution in [0.4, 0.5) is 5.69 Å². The number of nitrogens with zero attached hydrogens (tertiary/aromatic N) is 5. The van der Waals surface area contributed by atoms with Crippen molar-refractivity contribution in [3.8, 4) is 22.6 Å². The molecule has 0 radical (unpaired) electrons. The van der Waals surface area contributed by atoms with E-state index in [1.807, 2.05) is 18.3 Å². The fraction of sp³-hybridized carbons (Fsp3) is 0.227. The first-order valence-corrected chi connectivity index (χ1v) is 10.2. The molecule has 30 heavy (non-hydrogen) atoms. The van der Waals surface area contributed by atoms with Crippen molar-refractivity contribution in [1.82, 2.24) is 35.3 Å². The Balaban J connectivity index is 1.45. The molecule has 8 nitrogen and oxygen atoms in total. The third-order valence-corrected chi connectivity index (χ3v) is 5.94. The number of anilines is 1. The average molecular weight is 398 g/mol. The van der Waals surface area contributed by atoms with Gasteiger partial charge in [-0.2, -0.15) is 10.2 Å². The molecule has 1 aliphatic rings. The number of H-pyrrole nitrogens is 3. The van der Waals surface area contributed by atoms with Gasteiger partial charge in [0.05, 0.1) is 23.1 Å². The molecule has 4 aromatic heterocycles. The SMILES string of the molecule is CN1CCN(c2cccc3[nH]c(-c4n[nH]c5ccc(-c6cn[nH]c6)nc45)cc23)CC1. The second-order valence-electron chi connectivity index (χ2n) is 7.86. The minimum atomic E-state index is 0.830. The Kier molecular flexibility index (Phi) is 3.85. The van der Waals surface area contributed by atoms with Crippen LogP contribution in [0.15, 0.2) is 48.8 Å². The number of aromatic amines is 3. The van der Waals surface area contributed by atoms with Crippen molar-refractivity contribution < 1.29 is 0 Å². The van der Waals surface area contributed by atoms with E-state index in [2.05, 4.69) is 66.5 Å². The second kappa shape index (κ2) is 6.70. The van der Waals surface area contributed by atoms with Crippen LogP contribution in [0.5, 0.6) is 0 Å². The van der Waals surface area contributed by atoms with Gasteiger partial charge >= 0.3 is 0 Å². The zero-order chi connectivity index (χ0) is 20.1. The lowest BCUT2D eigenvalue weighted by atomic mass is 10.1. The Bertz CT molecular complexity index is 1320. The number of hydrogen-bond acceptors (Lipinski definition) is 5. The Hall–Kier alpha value is -3.65. The Morgan fingerprint density at radius 1 is 1.00 bits per heavy atom. The lowest BCUT2D eigenvalue weighted by Crippen LogP contribution is -2.44. The molecule has 1 aromatic carbocycles. The summed E-state index contributed by atoms with van der Waals surface area (Å²) in [7, 11) is 2.18. The van der Waals surface area contributed by atoms with Crippen molar-refractivity contribution in [2.75, 3.05) is 38.1 Å². The molecule has 6 rings (SSSR count). The third kappa shape index (κ3) is 2.76. The number of pyridine rings is 1. The first kappa shape index (κ1) is 17.2. The van der Waals surface area contributed by atoms with Gasteiger partial charge < -0.3 is 14.8 Å². The average Bonchev–Trinajstić information content (AvgIpc) is 3.52. The van der Waals surface area contributed by atoms with Gasteiger partial charge in [-0.3, -0.25) is 10.2 Å². The molecule has 0 saturated carbocycles. The summed E-state index contributed by atoms with van der Waals surface area (Å²) in [6.45, 7) is 4.24. The number of hydrogen-bond donors (Lipinski definition) is 3. The van der Waals surface area contributed by atoms with Crippen LogP contribution in [0.3, 0.4) is 0 Å². The number of nitrogens with one attached hydrogen (secondary N) is 3. The van der Waals surface area contributed by atoms with Gasteiger partial charge in [0.15, 0.2) is 0 Å². The maximum Gasteiger partial charge on any atom is 0.135 e. The van der Waals surface area contributed by atoms with Gasteiger partial charge in [0.2, 0.25) is 0 Å². The number of rotatable bonds is 3. The van der Waals surface area contributed by atoms with E-state index in [9.17, 15) is 0 Å². The molecule has 8 heteroatoms. The van der Waals surface area contributed by atoms with E-state index >= 15 is 0 Å². The fourth-order valence-electron chi connectivity index (χ4n) is 4.23. The molecule has 1 fully saturated rings. The molecule has 0 spiro atoms. The number of aromatic nitrogens is 6. The molecule has 150 valence electrons. The summed E-state index contributed by atoms with van der Waals surface area (Å²) >= 11 is 0. The normalized spacial score (nSPS) is 15.4. The lowest BCUT2D eigenvalue weighted by molar-refractivity contribution is 0.313. The monoisotopic (exact) mass is 398 g/mol. The largest absolute Gasteiger partial charge is 0.368 e. The van der Waals surface area contributed by atoms with Crippen LogP contribution in [0.1, 0.15) is 0 Å². The zero-order valence-corrected chi connectivity index (χ0v) is 16.7. The minimum absolute atomic E-state index is 0.830. The van der Waals surface area contributed by atoms with Gasteiger partial charge in [0.1, 0.15) is 11.2 Å². The van der Waals surface area contributed by atoms with E-state index in [0.29, 0.717) is 0 Å². The van der Waals surface area contributed by atoms with Crippen LogP contribution < -0.4 is 4.90 Å². The topological polar surface area (TPSA) is 92.5 Å². The van der Waals surface area contributed by atoms with E-state index < -0.39 is 0 Å². The summed E-state index contributed by atoms with van der Waals surface area (Å²) in [4.78, 5) is 13.3. The van der Waals surface area contributed by atoms with Gasteiger partial charge in [0, 0.05) is 54.5 Å². The van der Waals surface area contributed by atoms with E-state index in [1.54, 1.807) is 6.20 Å². The maximum absolute atomic E-state index is 4.86. The highest BCUT2D eigenvalue weighted by Gasteiger charge is 2.19. The molecule has 5 heterocycles. The Morgan fingerprint density at radius 3 is 2.73 bits per heavy atom. The predicted octanol–water partition coefficient (Wildman–Crippen LogP) is 3.25. The van der Waals surface area contributed by atoms with Crippen molar-refractivity contribution in [3.63, 3.8) is 0 Å². The maximum atomic E-state index is 4.86. The molecular formula is C22H22N8. The highest BCUT2D eigenvalue weighted by atomic mass is 15.2. The first-order valence-electron chi connectivity index (χ1n) is 10.2. The molecular weight excluding hydrogens is 376 g/mol. The molecule has 5 aromatic rings. The zero-order valence-electron chi connectivity index (χ0n) is 16.7.